The predicted molar refractivity (Wildman–Crippen MR) is 69.6 cm³/mol. The molecule has 0 aliphatic carbocycles. The van der Waals surface area contributed by atoms with Crippen LogP contribution in [0.2, 0.25) is 0 Å². The van der Waals surface area contributed by atoms with E-state index in [9.17, 15) is 9.50 Å². The van der Waals surface area contributed by atoms with E-state index in [1.807, 2.05) is 7.05 Å². The molecule has 1 unspecified atom stereocenters. The quantitative estimate of drug-likeness (QED) is 0.848. The third kappa shape index (κ3) is 3.24. The molecule has 0 fully saturated rings. The second-order valence-corrected chi connectivity index (χ2v) is 4.93. The molecule has 102 valence electrons. The van der Waals surface area contributed by atoms with Crippen molar-refractivity contribution in [1.29, 1.82) is 0 Å². The first-order chi connectivity index (χ1) is 9.11. The summed E-state index contributed by atoms with van der Waals surface area (Å²) in [6.45, 7) is 0. The average molecular weight is 283 g/mol. The largest absolute Gasteiger partial charge is 0.494 e. The molecule has 0 saturated heterocycles. The SMILES string of the molecule is COc1ccc(C(O)CSc2nncn2C)cc1F. The molecule has 2 rings (SSSR count). The minimum atomic E-state index is -0.776. The maximum Gasteiger partial charge on any atom is 0.190 e. The summed E-state index contributed by atoms with van der Waals surface area (Å²) in [4.78, 5) is 0. The molecule has 1 aromatic carbocycles. The minimum Gasteiger partial charge on any atom is -0.494 e. The number of hydrogen-bond donors (Lipinski definition) is 1. The zero-order valence-electron chi connectivity index (χ0n) is 10.6. The predicted octanol–water partition coefficient (Wildman–Crippen LogP) is 1.79. The fraction of sp³-hybridized carbons (Fsp3) is 0.333. The zero-order chi connectivity index (χ0) is 13.8. The van der Waals surface area contributed by atoms with Crippen molar-refractivity contribution in [3.63, 3.8) is 0 Å². The molecule has 0 saturated carbocycles. The molecular formula is C12H14FN3O2S. The van der Waals surface area contributed by atoms with Crippen molar-refractivity contribution >= 4 is 11.8 Å². The van der Waals surface area contributed by atoms with Gasteiger partial charge in [-0.15, -0.1) is 10.2 Å². The number of thioether (sulfide) groups is 1. The lowest BCUT2D eigenvalue weighted by atomic mass is 10.1. The van der Waals surface area contributed by atoms with E-state index in [4.69, 9.17) is 4.74 Å². The van der Waals surface area contributed by atoms with Gasteiger partial charge in [-0.1, -0.05) is 17.8 Å². The lowest BCUT2D eigenvalue weighted by molar-refractivity contribution is 0.203. The van der Waals surface area contributed by atoms with Crippen LogP contribution in [0.1, 0.15) is 11.7 Å². The highest BCUT2D eigenvalue weighted by atomic mass is 32.2. The third-order valence-electron chi connectivity index (χ3n) is 2.60. The van der Waals surface area contributed by atoms with E-state index < -0.39 is 11.9 Å². The standard InChI is InChI=1S/C12H14FN3O2S/c1-16-7-14-15-12(16)19-6-10(17)8-3-4-11(18-2)9(13)5-8/h3-5,7,10,17H,6H2,1-2H3. The van der Waals surface area contributed by atoms with Crippen LogP contribution in [0.3, 0.4) is 0 Å². The lowest BCUT2D eigenvalue weighted by Gasteiger charge is -2.11. The first-order valence-electron chi connectivity index (χ1n) is 5.60. The highest BCUT2D eigenvalue weighted by molar-refractivity contribution is 7.99. The summed E-state index contributed by atoms with van der Waals surface area (Å²) < 4.78 is 20.1. The number of halogens is 1. The Morgan fingerprint density at radius 1 is 1.53 bits per heavy atom. The Morgan fingerprint density at radius 2 is 2.32 bits per heavy atom. The molecule has 0 bridgehead atoms. The van der Waals surface area contributed by atoms with Gasteiger partial charge in [-0.3, -0.25) is 0 Å². The van der Waals surface area contributed by atoms with E-state index in [-0.39, 0.29) is 5.75 Å². The van der Waals surface area contributed by atoms with E-state index in [0.29, 0.717) is 16.5 Å². The molecule has 0 amide bonds. The number of aromatic nitrogens is 3. The first kappa shape index (κ1) is 13.8. The number of aliphatic hydroxyl groups excluding tert-OH is 1. The van der Waals surface area contributed by atoms with Gasteiger partial charge in [-0.05, 0) is 17.7 Å². The number of nitrogens with zero attached hydrogens (tertiary/aromatic N) is 3. The summed E-state index contributed by atoms with van der Waals surface area (Å²) in [5, 5.41) is 18.4. The van der Waals surface area contributed by atoms with Crippen LogP contribution in [-0.2, 0) is 7.05 Å². The van der Waals surface area contributed by atoms with Crippen LogP contribution < -0.4 is 4.74 Å². The summed E-state index contributed by atoms with van der Waals surface area (Å²) in [7, 11) is 3.22. The molecule has 7 heteroatoms. The molecule has 1 aromatic heterocycles. The molecule has 19 heavy (non-hydrogen) atoms. The molecule has 2 aromatic rings. The Labute approximate surface area is 114 Å². The Kier molecular flexibility index (Phi) is 4.39. The van der Waals surface area contributed by atoms with E-state index in [1.165, 1.54) is 31.0 Å². The van der Waals surface area contributed by atoms with Gasteiger partial charge in [0.1, 0.15) is 6.33 Å². The lowest BCUT2D eigenvalue weighted by Crippen LogP contribution is -2.03. The highest BCUT2D eigenvalue weighted by Crippen LogP contribution is 2.26. The maximum absolute atomic E-state index is 13.5. The minimum absolute atomic E-state index is 0.164. The van der Waals surface area contributed by atoms with Gasteiger partial charge >= 0.3 is 0 Å². The number of benzene rings is 1. The van der Waals surface area contributed by atoms with Gasteiger partial charge in [0.05, 0.1) is 13.2 Å². The summed E-state index contributed by atoms with van der Waals surface area (Å²) in [5.41, 5.74) is 0.507. The molecular weight excluding hydrogens is 269 g/mol. The summed E-state index contributed by atoms with van der Waals surface area (Å²) in [5.74, 6) is 0.0535. The number of aryl methyl sites for hydroxylation is 1. The summed E-state index contributed by atoms with van der Waals surface area (Å²) in [6.07, 6.45) is 0.809. The van der Waals surface area contributed by atoms with Crippen molar-refractivity contribution in [2.24, 2.45) is 7.05 Å². The third-order valence-corrected chi connectivity index (χ3v) is 3.71. The number of aliphatic hydroxyl groups is 1. The molecule has 1 N–H and O–H groups in total. The second kappa shape index (κ2) is 6.03. The Morgan fingerprint density at radius 3 is 2.89 bits per heavy atom. The normalized spacial score (nSPS) is 12.4. The zero-order valence-corrected chi connectivity index (χ0v) is 11.4. The van der Waals surface area contributed by atoms with Crippen LogP contribution in [0.4, 0.5) is 4.39 Å². The Bertz CT molecular complexity index is 562. The van der Waals surface area contributed by atoms with Crippen LogP contribution in [0.15, 0.2) is 29.7 Å². The number of ether oxygens (including phenoxy) is 1. The van der Waals surface area contributed by atoms with Crippen LogP contribution in [-0.4, -0.2) is 32.7 Å². The fourth-order valence-electron chi connectivity index (χ4n) is 1.54. The highest BCUT2D eigenvalue weighted by Gasteiger charge is 2.13. The Hall–Kier alpha value is -1.60. The van der Waals surface area contributed by atoms with Gasteiger partial charge in [0.2, 0.25) is 0 Å². The van der Waals surface area contributed by atoms with Crippen molar-refractivity contribution in [3.05, 3.63) is 35.9 Å². The number of rotatable bonds is 5. The van der Waals surface area contributed by atoms with E-state index >= 15 is 0 Å². The number of methoxy groups -OCH3 is 1. The number of hydrogen-bond acceptors (Lipinski definition) is 5. The van der Waals surface area contributed by atoms with E-state index in [0.717, 1.165) is 0 Å². The van der Waals surface area contributed by atoms with Gasteiger partial charge in [0.25, 0.3) is 0 Å². The van der Waals surface area contributed by atoms with Crippen molar-refractivity contribution < 1.29 is 14.2 Å². The molecule has 5 nitrogen and oxygen atoms in total. The molecule has 0 radical (unpaired) electrons. The first-order valence-corrected chi connectivity index (χ1v) is 6.58. The molecule has 0 aliphatic rings. The van der Waals surface area contributed by atoms with Gasteiger partial charge in [-0.2, -0.15) is 0 Å². The molecule has 1 heterocycles. The molecule has 1 atom stereocenters. The topological polar surface area (TPSA) is 60.2 Å². The van der Waals surface area contributed by atoms with Crippen molar-refractivity contribution in [2.75, 3.05) is 12.9 Å². The van der Waals surface area contributed by atoms with Crippen molar-refractivity contribution in [1.82, 2.24) is 14.8 Å². The van der Waals surface area contributed by atoms with Gasteiger partial charge < -0.3 is 14.4 Å². The van der Waals surface area contributed by atoms with Gasteiger partial charge in [-0.25, -0.2) is 4.39 Å². The monoisotopic (exact) mass is 283 g/mol. The molecule has 0 aliphatic heterocycles. The van der Waals surface area contributed by atoms with Gasteiger partial charge in [0.15, 0.2) is 16.7 Å². The smallest absolute Gasteiger partial charge is 0.190 e. The van der Waals surface area contributed by atoms with Crippen LogP contribution in [0, 0.1) is 5.82 Å². The average Bonchev–Trinajstić information content (AvgIpc) is 2.81. The molecule has 0 spiro atoms. The van der Waals surface area contributed by atoms with Crippen LogP contribution in [0.5, 0.6) is 5.75 Å². The fourth-order valence-corrected chi connectivity index (χ4v) is 2.40. The summed E-state index contributed by atoms with van der Waals surface area (Å²) >= 11 is 1.36. The summed E-state index contributed by atoms with van der Waals surface area (Å²) in [6, 6.07) is 4.42. The van der Waals surface area contributed by atoms with Gasteiger partial charge in [0, 0.05) is 12.8 Å². The Balaban J connectivity index is 2.02. The van der Waals surface area contributed by atoms with Crippen molar-refractivity contribution in [2.45, 2.75) is 11.3 Å². The van der Waals surface area contributed by atoms with E-state index in [2.05, 4.69) is 10.2 Å². The van der Waals surface area contributed by atoms with E-state index in [1.54, 1.807) is 17.0 Å². The van der Waals surface area contributed by atoms with Crippen LogP contribution in [0.25, 0.3) is 0 Å². The second-order valence-electron chi connectivity index (χ2n) is 3.95. The van der Waals surface area contributed by atoms with Crippen LogP contribution >= 0.6 is 11.8 Å². The maximum atomic E-state index is 13.5. The van der Waals surface area contributed by atoms with Crippen molar-refractivity contribution in [3.8, 4) is 5.75 Å².